The van der Waals surface area contributed by atoms with E-state index in [9.17, 15) is 9.59 Å². The van der Waals surface area contributed by atoms with E-state index in [1.165, 1.54) is 0 Å². The Balaban J connectivity index is 1.54. The number of carbonyl (C=O) groups is 1. The van der Waals surface area contributed by atoms with E-state index in [1.807, 2.05) is 30.2 Å². The molecule has 6 heteroatoms. The van der Waals surface area contributed by atoms with Crippen molar-refractivity contribution in [2.75, 3.05) is 19.0 Å². The van der Waals surface area contributed by atoms with Crippen LogP contribution in [-0.4, -0.2) is 25.6 Å². The van der Waals surface area contributed by atoms with Crippen molar-refractivity contribution in [2.24, 2.45) is 0 Å². The lowest BCUT2D eigenvalue weighted by Crippen LogP contribution is -2.14. The molecule has 30 heavy (non-hydrogen) atoms. The molecule has 3 rings (SSSR count). The van der Waals surface area contributed by atoms with Gasteiger partial charge in [-0.15, -0.1) is 0 Å². The van der Waals surface area contributed by atoms with E-state index >= 15 is 0 Å². The lowest BCUT2D eigenvalue weighted by Gasteiger charge is -2.10. The first-order valence-electron chi connectivity index (χ1n) is 9.23. The van der Waals surface area contributed by atoms with Gasteiger partial charge in [0.05, 0.1) is 19.1 Å². The smallest absolute Gasteiger partial charge is 0.228 e. The number of anilines is 1. The summed E-state index contributed by atoms with van der Waals surface area (Å²) in [5, 5.41) is 2.86. The molecule has 3 aromatic rings. The zero-order valence-electron chi connectivity index (χ0n) is 16.4. The Hall–Kier alpha value is -3.34. The maximum Gasteiger partial charge on any atom is 0.228 e. The highest BCUT2D eigenvalue weighted by Crippen LogP contribution is 2.20. The number of ether oxygens (including phenoxy) is 2. The van der Waals surface area contributed by atoms with Gasteiger partial charge in [0.2, 0.25) is 5.91 Å². The van der Waals surface area contributed by atoms with E-state index in [1.54, 1.807) is 55.6 Å². The van der Waals surface area contributed by atoms with Gasteiger partial charge in [-0.25, -0.2) is 4.79 Å². The number of methoxy groups -OCH3 is 1. The van der Waals surface area contributed by atoms with Gasteiger partial charge in [0.15, 0.2) is 0 Å². The highest BCUT2D eigenvalue weighted by molar-refractivity contribution is 9.10. The molecule has 0 spiro atoms. The molecule has 0 aliphatic rings. The Morgan fingerprint density at radius 2 is 1.70 bits per heavy atom. The molecule has 0 aromatic heterocycles. The Morgan fingerprint density at radius 3 is 2.33 bits per heavy atom. The van der Waals surface area contributed by atoms with Crippen molar-refractivity contribution in [2.45, 2.75) is 6.42 Å². The summed E-state index contributed by atoms with van der Waals surface area (Å²) in [6.07, 6.45) is 0.285. The largest absolute Gasteiger partial charge is 0.497 e. The highest BCUT2D eigenvalue weighted by Gasteiger charge is 2.07. The number of amides is 1. The fraction of sp³-hybridized carbons (Fsp3) is 0.125. The van der Waals surface area contributed by atoms with Crippen molar-refractivity contribution in [1.29, 1.82) is 0 Å². The summed E-state index contributed by atoms with van der Waals surface area (Å²) in [5.41, 5.74) is 2.73. The first kappa shape index (κ1) is 21.4. The summed E-state index contributed by atoms with van der Waals surface area (Å²) in [4.78, 5) is 23.5. The average Bonchev–Trinajstić information content (AvgIpc) is 2.75. The Labute approximate surface area is 183 Å². The second-order valence-electron chi connectivity index (χ2n) is 6.48. The third-order valence-electron chi connectivity index (χ3n) is 4.34. The van der Waals surface area contributed by atoms with Crippen LogP contribution in [0.5, 0.6) is 11.5 Å². The Bertz CT molecular complexity index is 1060. The monoisotopic (exact) mass is 465 g/mol. The third kappa shape index (κ3) is 6.08. The lowest BCUT2D eigenvalue weighted by atomic mass is 10.1. The molecule has 0 aliphatic heterocycles. The van der Waals surface area contributed by atoms with Gasteiger partial charge in [0.1, 0.15) is 24.0 Å². The summed E-state index contributed by atoms with van der Waals surface area (Å²) in [5.74, 6) is 3.12. The highest BCUT2D eigenvalue weighted by atomic mass is 79.9. The number of nitrogens with one attached hydrogen (secondary N) is 1. The van der Waals surface area contributed by atoms with Gasteiger partial charge >= 0.3 is 0 Å². The van der Waals surface area contributed by atoms with Crippen LogP contribution in [0.25, 0.3) is 5.57 Å². The van der Waals surface area contributed by atoms with Crippen molar-refractivity contribution in [3.05, 3.63) is 88.4 Å². The molecule has 0 saturated carbocycles. The summed E-state index contributed by atoms with van der Waals surface area (Å²) in [6.45, 7) is 0.0877. The first-order valence-corrected chi connectivity index (χ1v) is 10.0. The van der Waals surface area contributed by atoms with Crippen LogP contribution in [0.1, 0.15) is 11.1 Å². The lowest BCUT2D eigenvalue weighted by molar-refractivity contribution is -0.115. The normalized spacial score (nSPS) is 10.1. The van der Waals surface area contributed by atoms with Crippen LogP contribution in [0.2, 0.25) is 0 Å². The molecule has 3 aromatic carbocycles. The van der Waals surface area contributed by atoms with Gasteiger partial charge in [-0.1, -0.05) is 40.2 Å². The molecule has 1 amide bonds. The van der Waals surface area contributed by atoms with Crippen molar-refractivity contribution in [3.63, 3.8) is 0 Å². The predicted octanol–water partition coefficient (Wildman–Crippen LogP) is 4.93. The van der Waals surface area contributed by atoms with Gasteiger partial charge in [-0.05, 0) is 59.7 Å². The topological polar surface area (TPSA) is 64.6 Å². The maximum absolute atomic E-state index is 12.2. The summed E-state index contributed by atoms with van der Waals surface area (Å²) in [6, 6.07) is 21.7. The van der Waals surface area contributed by atoms with E-state index in [2.05, 4.69) is 21.2 Å². The van der Waals surface area contributed by atoms with Gasteiger partial charge < -0.3 is 14.8 Å². The fourth-order valence-electron chi connectivity index (χ4n) is 2.79. The number of carbonyl (C=O) groups excluding carboxylic acids is 2. The zero-order chi connectivity index (χ0) is 21.3. The van der Waals surface area contributed by atoms with E-state index in [4.69, 9.17) is 9.47 Å². The van der Waals surface area contributed by atoms with Gasteiger partial charge in [0, 0.05) is 10.2 Å². The molecular formula is C24H20BrNO4. The number of halogens is 1. The van der Waals surface area contributed by atoms with Gasteiger partial charge in [0.25, 0.3) is 0 Å². The third-order valence-corrected chi connectivity index (χ3v) is 4.83. The summed E-state index contributed by atoms with van der Waals surface area (Å²) < 4.78 is 11.7. The molecule has 5 nitrogen and oxygen atoms in total. The van der Waals surface area contributed by atoms with E-state index in [-0.39, 0.29) is 18.9 Å². The molecular weight excluding hydrogens is 446 g/mol. The molecule has 0 aliphatic carbocycles. The van der Waals surface area contributed by atoms with Crippen LogP contribution in [0.3, 0.4) is 0 Å². The van der Waals surface area contributed by atoms with Crippen LogP contribution in [0.15, 0.2) is 77.3 Å². The summed E-state index contributed by atoms with van der Waals surface area (Å²) in [7, 11) is 1.58. The minimum Gasteiger partial charge on any atom is -0.497 e. The van der Waals surface area contributed by atoms with Crippen LogP contribution in [-0.2, 0) is 16.0 Å². The van der Waals surface area contributed by atoms with Gasteiger partial charge in [-0.2, -0.15) is 0 Å². The molecule has 0 heterocycles. The molecule has 0 saturated heterocycles. The molecule has 0 atom stereocenters. The molecule has 0 unspecified atom stereocenters. The fourth-order valence-corrected chi connectivity index (χ4v) is 3.24. The Kier molecular flexibility index (Phi) is 7.44. The number of benzene rings is 3. The Morgan fingerprint density at radius 1 is 1.00 bits per heavy atom. The predicted molar refractivity (Wildman–Crippen MR) is 121 cm³/mol. The molecule has 0 bridgehead atoms. The van der Waals surface area contributed by atoms with Crippen molar-refractivity contribution >= 4 is 39.0 Å². The molecule has 152 valence electrons. The second-order valence-corrected chi connectivity index (χ2v) is 7.39. The SMILES string of the molecule is COc1ccc(C(=C=O)COc2ccc(NC(=O)Cc3cccc(Br)c3)cc2)cc1. The average molecular weight is 466 g/mol. The minimum atomic E-state index is -0.104. The van der Waals surface area contributed by atoms with Crippen molar-refractivity contribution in [3.8, 4) is 11.5 Å². The summed E-state index contributed by atoms with van der Waals surface area (Å²) >= 11 is 3.40. The van der Waals surface area contributed by atoms with Crippen molar-refractivity contribution < 1.29 is 19.1 Å². The quantitative estimate of drug-likeness (QED) is 0.478. The van der Waals surface area contributed by atoms with Crippen molar-refractivity contribution in [1.82, 2.24) is 0 Å². The van der Waals surface area contributed by atoms with Crippen LogP contribution >= 0.6 is 15.9 Å². The minimum absolute atomic E-state index is 0.0877. The van der Waals surface area contributed by atoms with E-state index < -0.39 is 0 Å². The second kappa shape index (κ2) is 10.4. The van der Waals surface area contributed by atoms with Gasteiger partial charge in [-0.3, -0.25) is 4.79 Å². The first-order chi connectivity index (χ1) is 14.6. The van der Waals surface area contributed by atoms with Crippen LogP contribution in [0.4, 0.5) is 5.69 Å². The van der Waals surface area contributed by atoms with E-state index in [0.717, 1.165) is 15.6 Å². The number of hydrogen-bond donors (Lipinski definition) is 1. The van der Waals surface area contributed by atoms with Crippen LogP contribution in [0, 0.1) is 0 Å². The zero-order valence-corrected chi connectivity index (χ0v) is 17.9. The molecule has 1 N–H and O–H groups in total. The molecule has 0 fully saturated rings. The number of rotatable bonds is 8. The molecule has 0 radical (unpaired) electrons. The maximum atomic E-state index is 12.2. The number of hydrogen-bond acceptors (Lipinski definition) is 4. The standard InChI is InChI=1S/C24H20BrNO4/c1-29-22-9-5-18(6-10-22)19(15-27)16-30-23-11-7-21(8-12-23)26-24(28)14-17-3-2-4-20(25)13-17/h2-13H,14,16H2,1H3,(H,26,28). The van der Waals surface area contributed by atoms with Crippen LogP contribution < -0.4 is 14.8 Å². The van der Waals surface area contributed by atoms with E-state index in [0.29, 0.717) is 22.8 Å².